The molecule has 0 unspecified atom stereocenters. The van der Waals surface area contributed by atoms with Gasteiger partial charge in [-0.25, -0.2) is 4.68 Å². The summed E-state index contributed by atoms with van der Waals surface area (Å²) in [5.74, 6) is 0.718. The Morgan fingerprint density at radius 3 is 2.50 bits per heavy atom. The highest BCUT2D eigenvalue weighted by Crippen LogP contribution is 2.42. The van der Waals surface area contributed by atoms with Crippen molar-refractivity contribution < 1.29 is 0 Å². The van der Waals surface area contributed by atoms with Crippen molar-refractivity contribution in [1.82, 2.24) is 14.8 Å². The van der Waals surface area contributed by atoms with Crippen molar-refractivity contribution in [2.24, 2.45) is 0 Å². The number of nitrogens with zero attached hydrogens (tertiary/aromatic N) is 3. The number of aromatic nitrogens is 3. The molecule has 3 aromatic rings. The molecule has 0 radical (unpaired) electrons. The molecule has 122 valence electrons. The van der Waals surface area contributed by atoms with Gasteiger partial charge in [-0.1, -0.05) is 57.3 Å². The average Bonchev–Trinajstić information content (AvgIpc) is 3.04. The summed E-state index contributed by atoms with van der Waals surface area (Å²) in [7, 11) is 0. The van der Waals surface area contributed by atoms with Crippen LogP contribution in [0.3, 0.4) is 0 Å². The van der Waals surface area contributed by atoms with Crippen LogP contribution in [0, 0.1) is 0 Å². The minimum Gasteiger partial charge on any atom is -0.348 e. The molecule has 0 aliphatic carbocycles. The van der Waals surface area contributed by atoms with Crippen molar-refractivity contribution in [3.8, 4) is 0 Å². The van der Waals surface area contributed by atoms with Gasteiger partial charge in [0.25, 0.3) is 0 Å². The van der Waals surface area contributed by atoms with Gasteiger partial charge in [0.1, 0.15) is 6.33 Å². The predicted molar refractivity (Wildman–Crippen MR) is 99.7 cm³/mol. The number of rotatable bonds is 2. The zero-order chi connectivity index (χ0) is 16.7. The Bertz CT molecular complexity index is 858. The Kier molecular flexibility index (Phi) is 4.24. The van der Waals surface area contributed by atoms with Crippen molar-refractivity contribution in [3.63, 3.8) is 0 Å². The molecule has 0 spiro atoms. The van der Waals surface area contributed by atoms with E-state index >= 15 is 0 Å². The lowest BCUT2D eigenvalue weighted by molar-refractivity contribution is 0.431. The van der Waals surface area contributed by atoms with Gasteiger partial charge in [-0.05, 0) is 36.2 Å². The zero-order valence-electron chi connectivity index (χ0n) is 12.5. The van der Waals surface area contributed by atoms with Crippen molar-refractivity contribution in [1.29, 1.82) is 0 Å². The van der Waals surface area contributed by atoms with Gasteiger partial charge in [-0.3, -0.25) is 0 Å². The predicted octanol–water partition coefficient (Wildman–Crippen LogP) is 5.49. The van der Waals surface area contributed by atoms with Crippen molar-refractivity contribution in [3.05, 3.63) is 74.4 Å². The minimum absolute atomic E-state index is 0.0707. The quantitative estimate of drug-likeness (QED) is 0.592. The van der Waals surface area contributed by atoms with Gasteiger partial charge in [-0.15, -0.1) is 0 Å². The van der Waals surface area contributed by atoms with Gasteiger partial charge in [0.05, 0.1) is 12.1 Å². The third-order valence-electron chi connectivity index (χ3n) is 4.24. The van der Waals surface area contributed by atoms with Crippen LogP contribution in [-0.4, -0.2) is 14.8 Å². The summed E-state index contributed by atoms with van der Waals surface area (Å²) in [6.07, 6.45) is 2.32. The number of hydrogen-bond donors (Lipinski definition) is 1. The normalized spacial score (nSPS) is 19.6. The second-order valence-corrected chi connectivity index (χ2v) is 7.39. The van der Waals surface area contributed by atoms with Gasteiger partial charge in [-0.2, -0.15) is 10.1 Å². The summed E-state index contributed by atoms with van der Waals surface area (Å²) in [6, 6.07) is 13.9. The van der Waals surface area contributed by atoms with Gasteiger partial charge >= 0.3 is 0 Å². The first-order chi connectivity index (χ1) is 11.6. The SMILES string of the molecule is Clc1cccc(Cl)c1[C@H]1C[C@H](c2ccc(Br)cc2)Nc2ncnn21. The third kappa shape index (κ3) is 2.81. The van der Waals surface area contributed by atoms with Gasteiger partial charge in [0, 0.05) is 20.1 Å². The lowest BCUT2D eigenvalue weighted by Crippen LogP contribution is -2.28. The molecular formula is C17H13BrCl2N4. The number of fused-ring (bicyclic) bond motifs is 1. The van der Waals surface area contributed by atoms with Crippen LogP contribution in [0.25, 0.3) is 0 Å². The van der Waals surface area contributed by atoms with E-state index in [0.717, 1.165) is 22.4 Å². The molecule has 7 heteroatoms. The molecule has 0 bridgehead atoms. The second kappa shape index (κ2) is 6.39. The van der Waals surface area contributed by atoms with E-state index in [1.54, 1.807) is 6.33 Å². The van der Waals surface area contributed by atoms with E-state index in [-0.39, 0.29) is 12.1 Å². The molecule has 24 heavy (non-hydrogen) atoms. The summed E-state index contributed by atoms with van der Waals surface area (Å²) in [4.78, 5) is 4.33. The van der Waals surface area contributed by atoms with Crippen LogP contribution in [-0.2, 0) is 0 Å². The third-order valence-corrected chi connectivity index (χ3v) is 5.42. The maximum absolute atomic E-state index is 6.44. The van der Waals surface area contributed by atoms with E-state index in [0.29, 0.717) is 10.0 Å². The Hall–Kier alpha value is -1.56. The molecule has 1 N–H and O–H groups in total. The fourth-order valence-electron chi connectivity index (χ4n) is 3.10. The van der Waals surface area contributed by atoms with Crippen LogP contribution in [0.1, 0.15) is 29.6 Å². The lowest BCUT2D eigenvalue weighted by Gasteiger charge is -2.32. The van der Waals surface area contributed by atoms with E-state index in [1.807, 2.05) is 35.0 Å². The van der Waals surface area contributed by atoms with Crippen LogP contribution >= 0.6 is 39.1 Å². The second-order valence-electron chi connectivity index (χ2n) is 5.66. The fraction of sp³-hybridized carbons (Fsp3) is 0.176. The van der Waals surface area contributed by atoms with Crippen LogP contribution in [0.5, 0.6) is 0 Å². The number of anilines is 1. The summed E-state index contributed by atoms with van der Waals surface area (Å²) < 4.78 is 2.90. The maximum Gasteiger partial charge on any atom is 0.222 e. The van der Waals surface area contributed by atoms with Gasteiger partial charge in [0.15, 0.2) is 0 Å². The van der Waals surface area contributed by atoms with E-state index in [9.17, 15) is 0 Å². The molecular weight excluding hydrogens is 411 g/mol. The van der Waals surface area contributed by atoms with E-state index in [2.05, 4.69) is 43.5 Å². The van der Waals surface area contributed by atoms with E-state index in [4.69, 9.17) is 23.2 Å². The number of nitrogens with one attached hydrogen (secondary N) is 1. The standard InChI is InChI=1S/C17H13BrCl2N4/c18-11-6-4-10(5-7-11)14-8-15(24-17(23-14)21-9-22-24)16-12(19)2-1-3-13(16)20/h1-7,9,14-15H,8H2,(H,21,22,23)/t14-,15-/m1/s1. The molecule has 1 aliphatic rings. The average molecular weight is 424 g/mol. The smallest absolute Gasteiger partial charge is 0.222 e. The van der Waals surface area contributed by atoms with Crippen LogP contribution in [0.2, 0.25) is 10.0 Å². The zero-order valence-corrected chi connectivity index (χ0v) is 15.6. The highest BCUT2D eigenvalue weighted by molar-refractivity contribution is 9.10. The van der Waals surface area contributed by atoms with Crippen LogP contribution in [0.15, 0.2) is 53.3 Å². The van der Waals surface area contributed by atoms with Gasteiger partial charge < -0.3 is 5.32 Å². The number of benzene rings is 2. The van der Waals surface area contributed by atoms with E-state index < -0.39 is 0 Å². The Morgan fingerprint density at radius 1 is 1.08 bits per heavy atom. The van der Waals surface area contributed by atoms with Crippen molar-refractivity contribution in [2.45, 2.75) is 18.5 Å². The van der Waals surface area contributed by atoms with Gasteiger partial charge in [0.2, 0.25) is 5.95 Å². The first-order valence-corrected chi connectivity index (χ1v) is 9.04. The minimum atomic E-state index is -0.0707. The summed E-state index contributed by atoms with van der Waals surface area (Å²) in [5.41, 5.74) is 2.07. The Morgan fingerprint density at radius 2 is 1.79 bits per heavy atom. The monoisotopic (exact) mass is 422 g/mol. The largest absolute Gasteiger partial charge is 0.348 e. The highest BCUT2D eigenvalue weighted by atomic mass is 79.9. The maximum atomic E-state index is 6.44. The Balaban J connectivity index is 1.78. The first-order valence-electron chi connectivity index (χ1n) is 7.49. The lowest BCUT2D eigenvalue weighted by atomic mass is 9.93. The molecule has 4 nitrogen and oxygen atoms in total. The molecule has 2 heterocycles. The fourth-order valence-corrected chi connectivity index (χ4v) is 4.02. The molecule has 0 saturated carbocycles. The number of halogens is 3. The van der Waals surface area contributed by atoms with E-state index in [1.165, 1.54) is 5.56 Å². The molecule has 2 atom stereocenters. The van der Waals surface area contributed by atoms with Crippen LogP contribution in [0.4, 0.5) is 5.95 Å². The molecule has 2 aromatic carbocycles. The number of hydrogen-bond acceptors (Lipinski definition) is 3. The highest BCUT2D eigenvalue weighted by Gasteiger charge is 2.32. The summed E-state index contributed by atoms with van der Waals surface area (Å²) in [5, 5.41) is 9.08. The molecule has 0 saturated heterocycles. The van der Waals surface area contributed by atoms with Crippen LogP contribution < -0.4 is 5.32 Å². The Labute approximate surface area is 157 Å². The molecule has 0 amide bonds. The molecule has 4 rings (SSSR count). The topological polar surface area (TPSA) is 42.7 Å². The first kappa shape index (κ1) is 15.9. The molecule has 1 aliphatic heterocycles. The molecule has 1 aromatic heterocycles. The van der Waals surface area contributed by atoms with Crippen molar-refractivity contribution in [2.75, 3.05) is 5.32 Å². The van der Waals surface area contributed by atoms with Crippen molar-refractivity contribution >= 4 is 45.1 Å². The summed E-state index contributed by atoms with van der Waals surface area (Å²) >= 11 is 16.4. The molecule has 0 fully saturated rings. The summed E-state index contributed by atoms with van der Waals surface area (Å²) in [6.45, 7) is 0.